The number of hydrogen-bond donors (Lipinski definition) is 0. The van der Waals surface area contributed by atoms with Crippen LogP contribution in [0.25, 0.3) is 0 Å². The highest BCUT2D eigenvalue weighted by Gasteiger charge is 2.75. The molecule has 0 radical (unpaired) electrons. The van der Waals surface area contributed by atoms with Gasteiger partial charge in [0.25, 0.3) is 0 Å². The summed E-state index contributed by atoms with van der Waals surface area (Å²) < 4.78 is 21.2. The van der Waals surface area contributed by atoms with Gasteiger partial charge in [0.1, 0.15) is 11.5 Å². The molecule has 0 unspecified atom stereocenters. The van der Waals surface area contributed by atoms with Crippen LogP contribution in [0.2, 0.25) is 0 Å². The van der Waals surface area contributed by atoms with Crippen LogP contribution in [0.15, 0.2) is 36.7 Å². The fourth-order valence-electron chi connectivity index (χ4n) is 5.95. The van der Waals surface area contributed by atoms with Crippen molar-refractivity contribution in [3.63, 3.8) is 0 Å². The lowest BCUT2D eigenvalue weighted by molar-refractivity contribution is -0.202. The number of hydrogen-bond acceptors (Lipinski definition) is 11. The molecule has 2 aliphatic rings. The van der Waals surface area contributed by atoms with E-state index < -0.39 is 40.6 Å². The highest BCUT2D eigenvalue weighted by molar-refractivity contribution is 6.17. The Balaban J connectivity index is 2.08. The maximum absolute atomic E-state index is 14.6. The van der Waals surface area contributed by atoms with E-state index in [1.54, 1.807) is 60.6 Å². The van der Waals surface area contributed by atoms with Crippen LogP contribution in [0.1, 0.15) is 23.5 Å². The van der Waals surface area contributed by atoms with Gasteiger partial charge in [-0.2, -0.15) is 0 Å². The number of ketones is 1. The van der Waals surface area contributed by atoms with E-state index in [0.29, 0.717) is 22.9 Å². The second-order valence-electron chi connectivity index (χ2n) is 9.14. The fourth-order valence-corrected chi connectivity index (χ4v) is 5.95. The molecule has 0 spiro atoms. The fraction of sp³-hybridized carbons (Fsp3) is 0.480. The number of likely N-dealkylation sites (tertiary alicyclic amines) is 2. The van der Waals surface area contributed by atoms with E-state index in [1.165, 1.54) is 28.4 Å². The molecule has 36 heavy (non-hydrogen) atoms. The third kappa shape index (κ3) is 3.53. The Labute approximate surface area is 209 Å². The first kappa shape index (κ1) is 25.5. The number of esters is 2. The minimum Gasteiger partial charge on any atom is -0.497 e. The summed E-state index contributed by atoms with van der Waals surface area (Å²) in [6, 6.07) is 4.87. The molecular weight excluding hydrogens is 468 g/mol. The van der Waals surface area contributed by atoms with Gasteiger partial charge in [-0.15, -0.1) is 0 Å². The first-order valence-corrected chi connectivity index (χ1v) is 11.3. The Morgan fingerprint density at radius 3 is 1.61 bits per heavy atom. The monoisotopic (exact) mass is 498 g/mol. The molecule has 2 aromatic rings. The maximum Gasteiger partial charge on any atom is 0.322 e. The molecule has 0 amide bonds. The van der Waals surface area contributed by atoms with Crippen molar-refractivity contribution in [3.8, 4) is 11.5 Å². The number of aromatic nitrogens is 2. The summed E-state index contributed by atoms with van der Waals surface area (Å²) in [4.78, 5) is 54.4. The second-order valence-corrected chi connectivity index (χ2v) is 9.14. The van der Waals surface area contributed by atoms with Gasteiger partial charge in [0.2, 0.25) is 0 Å². The molecule has 11 nitrogen and oxygen atoms in total. The zero-order valence-corrected chi connectivity index (χ0v) is 21.2. The quantitative estimate of drug-likeness (QED) is 0.420. The molecule has 4 atom stereocenters. The van der Waals surface area contributed by atoms with Gasteiger partial charge in [-0.05, 0) is 26.2 Å². The normalized spacial score (nSPS) is 28.3. The molecule has 4 heterocycles. The molecule has 2 aliphatic heterocycles. The summed E-state index contributed by atoms with van der Waals surface area (Å²) in [6.07, 6.45) is 3.09. The number of pyridine rings is 2. The van der Waals surface area contributed by atoms with Crippen LogP contribution in [0.3, 0.4) is 0 Å². The Morgan fingerprint density at radius 1 is 0.833 bits per heavy atom. The molecule has 0 N–H and O–H groups in total. The topological polar surface area (TPSA) is 120 Å². The van der Waals surface area contributed by atoms with Crippen LogP contribution in [-0.2, 0) is 23.9 Å². The molecule has 2 bridgehead atoms. The number of carbonyl (C=O) groups is 3. The summed E-state index contributed by atoms with van der Waals surface area (Å²) in [6.45, 7) is 0.0345. The number of rotatable bonds is 6. The van der Waals surface area contributed by atoms with Gasteiger partial charge in [0.15, 0.2) is 16.6 Å². The van der Waals surface area contributed by atoms with Gasteiger partial charge in [0, 0.05) is 37.6 Å². The smallest absolute Gasteiger partial charge is 0.322 e. The van der Waals surface area contributed by atoms with Crippen molar-refractivity contribution in [1.29, 1.82) is 0 Å². The predicted molar refractivity (Wildman–Crippen MR) is 126 cm³/mol. The van der Waals surface area contributed by atoms with Crippen molar-refractivity contribution in [2.24, 2.45) is 10.8 Å². The number of fused-ring (bicyclic) bond motifs is 2. The Morgan fingerprint density at radius 2 is 1.25 bits per heavy atom. The van der Waals surface area contributed by atoms with Gasteiger partial charge in [-0.25, -0.2) is 0 Å². The third-order valence-electron chi connectivity index (χ3n) is 7.23. The van der Waals surface area contributed by atoms with Crippen molar-refractivity contribution in [2.75, 3.05) is 55.6 Å². The largest absolute Gasteiger partial charge is 0.497 e. The minimum atomic E-state index is -1.78. The van der Waals surface area contributed by atoms with Crippen LogP contribution in [0, 0.1) is 10.8 Å². The molecule has 2 fully saturated rings. The highest BCUT2D eigenvalue weighted by atomic mass is 16.5. The Kier molecular flexibility index (Phi) is 6.72. The van der Waals surface area contributed by atoms with Crippen LogP contribution >= 0.6 is 0 Å². The second kappa shape index (κ2) is 9.47. The third-order valence-corrected chi connectivity index (χ3v) is 7.23. The first-order chi connectivity index (χ1) is 17.2. The van der Waals surface area contributed by atoms with E-state index in [9.17, 15) is 14.4 Å². The molecule has 0 saturated carbocycles. The van der Waals surface area contributed by atoms with E-state index in [-0.39, 0.29) is 13.1 Å². The highest BCUT2D eigenvalue weighted by Crippen LogP contribution is 2.60. The SMILES string of the molecule is COC(=O)[C@]12CN(C)C[C@](C(=O)OC)(C1=O)[C@@H](c1cc(OC)ccn1)N(C)[C@H]2c1cc(OC)ccn1. The predicted octanol–water partition coefficient (Wildman–Crippen LogP) is 1.05. The summed E-state index contributed by atoms with van der Waals surface area (Å²) >= 11 is 0. The van der Waals surface area contributed by atoms with Gasteiger partial charge in [-0.1, -0.05) is 0 Å². The van der Waals surface area contributed by atoms with Crippen LogP contribution in [0.5, 0.6) is 11.5 Å². The molecular formula is C25H30N4O7. The molecule has 0 aliphatic carbocycles. The van der Waals surface area contributed by atoms with Crippen LogP contribution in [0.4, 0.5) is 0 Å². The van der Waals surface area contributed by atoms with Crippen molar-refractivity contribution in [2.45, 2.75) is 12.1 Å². The Hall–Kier alpha value is -3.57. The van der Waals surface area contributed by atoms with E-state index in [1.807, 2.05) is 0 Å². The van der Waals surface area contributed by atoms with Gasteiger partial charge in [-0.3, -0.25) is 29.3 Å². The van der Waals surface area contributed by atoms with E-state index in [0.717, 1.165) is 0 Å². The van der Waals surface area contributed by atoms with E-state index in [4.69, 9.17) is 18.9 Å². The molecule has 11 heteroatoms. The summed E-state index contributed by atoms with van der Waals surface area (Å²) in [5.74, 6) is -1.09. The number of carbonyl (C=O) groups excluding carboxylic acids is 3. The number of nitrogens with zero attached hydrogens (tertiary/aromatic N) is 4. The number of Topliss-reactive ketones (excluding diaryl/α,β-unsaturated/α-hetero) is 1. The summed E-state index contributed by atoms with van der Waals surface area (Å²) in [5, 5.41) is 0. The minimum absolute atomic E-state index is 0.0173. The van der Waals surface area contributed by atoms with Gasteiger partial charge < -0.3 is 23.8 Å². The molecule has 192 valence electrons. The maximum atomic E-state index is 14.6. The summed E-state index contributed by atoms with van der Waals surface area (Å²) in [5.41, 5.74) is -2.73. The van der Waals surface area contributed by atoms with Crippen LogP contribution < -0.4 is 9.47 Å². The zero-order valence-electron chi connectivity index (χ0n) is 21.2. The number of methoxy groups -OCH3 is 4. The number of piperidine rings is 2. The van der Waals surface area contributed by atoms with Crippen molar-refractivity contribution < 1.29 is 33.3 Å². The Bertz CT molecular complexity index is 1100. The van der Waals surface area contributed by atoms with Crippen molar-refractivity contribution in [3.05, 3.63) is 48.0 Å². The lowest BCUT2D eigenvalue weighted by atomic mass is 9.54. The van der Waals surface area contributed by atoms with Crippen molar-refractivity contribution >= 4 is 17.7 Å². The lowest BCUT2D eigenvalue weighted by Crippen LogP contribution is -2.75. The number of ether oxygens (including phenoxy) is 4. The average Bonchev–Trinajstić information content (AvgIpc) is 2.89. The average molecular weight is 499 g/mol. The van der Waals surface area contributed by atoms with Crippen LogP contribution in [-0.4, -0.2) is 93.1 Å². The van der Waals surface area contributed by atoms with E-state index >= 15 is 0 Å². The van der Waals surface area contributed by atoms with Crippen molar-refractivity contribution in [1.82, 2.24) is 19.8 Å². The van der Waals surface area contributed by atoms with Gasteiger partial charge >= 0.3 is 11.9 Å². The molecule has 0 aromatic carbocycles. The summed E-state index contributed by atoms with van der Waals surface area (Å²) in [7, 11) is 8.98. The lowest BCUT2D eigenvalue weighted by Gasteiger charge is -2.60. The van der Waals surface area contributed by atoms with E-state index in [2.05, 4.69) is 9.97 Å². The standard InChI is InChI=1S/C25H30N4O7/c1-28-13-24(22(31)35-5)19(17-11-15(33-3)7-9-26-17)29(2)20(18-12-16(34-4)8-10-27-18)25(14-28,21(24)30)23(32)36-6/h7-12,19-20H,13-14H2,1-6H3/t19-,20+,24-,25+. The van der Waals surface area contributed by atoms with Gasteiger partial charge in [0.05, 0.1) is 51.9 Å². The first-order valence-electron chi connectivity index (χ1n) is 11.3. The molecule has 4 rings (SSSR count). The molecule has 2 saturated heterocycles. The zero-order chi connectivity index (χ0) is 26.3. The molecule has 2 aromatic heterocycles.